The summed E-state index contributed by atoms with van der Waals surface area (Å²) >= 11 is 0. The van der Waals surface area contributed by atoms with Gasteiger partial charge in [-0.15, -0.1) is 0 Å². The molecule has 1 N–H and O–H groups in total. The van der Waals surface area contributed by atoms with Crippen molar-refractivity contribution in [2.45, 2.75) is 12.2 Å². The van der Waals surface area contributed by atoms with E-state index in [2.05, 4.69) is 5.32 Å². The lowest BCUT2D eigenvalue weighted by atomic mass is 10.1. The van der Waals surface area contributed by atoms with Crippen LogP contribution in [0.25, 0.3) is 0 Å². The summed E-state index contributed by atoms with van der Waals surface area (Å²) in [5, 5.41) is 2.24. The van der Waals surface area contributed by atoms with Crippen molar-refractivity contribution in [2.75, 3.05) is 25.1 Å². The predicted molar refractivity (Wildman–Crippen MR) is 63.2 cm³/mol. The third kappa shape index (κ3) is 2.91. The van der Waals surface area contributed by atoms with Crippen LogP contribution >= 0.6 is 0 Å². The van der Waals surface area contributed by atoms with E-state index in [1.165, 1.54) is 19.2 Å². The highest BCUT2D eigenvalue weighted by molar-refractivity contribution is 5.83. The first kappa shape index (κ1) is 13.5. The van der Waals surface area contributed by atoms with Crippen LogP contribution < -0.4 is 15.0 Å². The maximum Gasteiger partial charge on any atom is 0.410 e. The highest BCUT2D eigenvalue weighted by Crippen LogP contribution is 2.30. The minimum atomic E-state index is -4.40. The molecule has 0 aliphatic carbocycles. The Labute approximate surface area is 108 Å². The number of carbonyl (C=O) groups is 1. The fraction of sp³-hybridized carbons (Fsp3) is 0.417. The molecule has 104 valence electrons. The molecule has 0 radical (unpaired) electrons. The van der Waals surface area contributed by atoms with Crippen molar-refractivity contribution in [3.63, 3.8) is 0 Å². The summed E-state index contributed by atoms with van der Waals surface area (Å²) in [6, 6.07) is 4.44. The third-order valence-electron chi connectivity index (χ3n) is 2.96. The van der Waals surface area contributed by atoms with Crippen LogP contribution in [0.5, 0.6) is 5.75 Å². The van der Waals surface area contributed by atoms with Crippen LogP contribution in [-0.4, -0.2) is 38.3 Å². The molecule has 1 unspecified atom stereocenters. The number of nitrogens with one attached hydrogen (secondary N) is 1. The molecule has 1 heterocycles. The molecular weight excluding hydrogens is 261 g/mol. The first-order valence-electron chi connectivity index (χ1n) is 5.66. The number of piperazine rings is 1. The summed E-state index contributed by atoms with van der Waals surface area (Å²) in [6.45, 7) is -0.745. The average molecular weight is 274 g/mol. The second kappa shape index (κ2) is 4.99. The number of alkyl halides is 3. The minimum Gasteiger partial charge on any atom is -0.497 e. The second-order valence-electron chi connectivity index (χ2n) is 4.19. The van der Waals surface area contributed by atoms with Crippen molar-refractivity contribution < 1.29 is 22.7 Å². The molecule has 1 aromatic rings. The van der Waals surface area contributed by atoms with Crippen LogP contribution in [0, 0.1) is 0 Å². The maximum atomic E-state index is 12.9. The molecule has 1 fully saturated rings. The number of amides is 1. The molecule has 0 bridgehead atoms. The van der Waals surface area contributed by atoms with Gasteiger partial charge in [-0.2, -0.15) is 13.2 Å². The molecule has 7 heteroatoms. The van der Waals surface area contributed by atoms with E-state index < -0.39 is 24.7 Å². The SMILES string of the molecule is COc1ccc(N2CC(=O)NCC2C(F)(F)F)cc1. The standard InChI is InChI=1S/C12H13F3N2O2/c1-19-9-4-2-8(3-5-9)17-7-11(18)16-6-10(17)12(13,14)15/h2-5,10H,6-7H2,1H3,(H,16,18). The lowest BCUT2D eigenvalue weighted by Crippen LogP contribution is -2.60. The maximum absolute atomic E-state index is 12.9. The van der Waals surface area contributed by atoms with Crippen LogP contribution in [0.3, 0.4) is 0 Å². The van der Waals surface area contributed by atoms with Gasteiger partial charge in [0.2, 0.25) is 5.91 Å². The summed E-state index contributed by atoms with van der Waals surface area (Å²) in [6.07, 6.45) is -4.40. The molecule has 1 saturated heterocycles. The Hall–Kier alpha value is -1.92. The van der Waals surface area contributed by atoms with E-state index in [1.807, 2.05) is 0 Å². The van der Waals surface area contributed by atoms with Gasteiger partial charge in [0.05, 0.1) is 13.7 Å². The average Bonchev–Trinajstić information content (AvgIpc) is 2.37. The van der Waals surface area contributed by atoms with Gasteiger partial charge in [0, 0.05) is 12.2 Å². The van der Waals surface area contributed by atoms with E-state index in [0.717, 1.165) is 4.90 Å². The number of hydrogen-bond donors (Lipinski definition) is 1. The van der Waals surface area contributed by atoms with E-state index in [4.69, 9.17) is 4.74 Å². The quantitative estimate of drug-likeness (QED) is 0.890. The van der Waals surface area contributed by atoms with Crippen LogP contribution in [0.4, 0.5) is 18.9 Å². The number of hydrogen-bond acceptors (Lipinski definition) is 3. The Kier molecular flexibility index (Phi) is 3.55. The molecule has 1 aliphatic rings. The molecule has 0 saturated carbocycles. The molecule has 1 amide bonds. The van der Waals surface area contributed by atoms with Gasteiger partial charge in [-0.3, -0.25) is 4.79 Å². The first-order chi connectivity index (χ1) is 8.91. The molecule has 1 atom stereocenters. The van der Waals surface area contributed by atoms with Gasteiger partial charge in [-0.05, 0) is 24.3 Å². The lowest BCUT2D eigenvalue weighted by molar-refractivity contribution is -0.153. The van der Waals surface area contributed by atoms with Gasteiger partial charge < -0.3 is 15.0 Å². The number of anilines is 1. The van der Waals surface area contributed by atoms with Crippen LogP contribution in [0.15, 0.2) is 24.3 Å². The Morgan fingerprint density at radius 2 is 1.95 bits per heavy atom. The normalized spacial score (nSPS) is 20.1. The molecular formula is C12H13F3N2O2. The van der Waals surface area contributed by atoms with Crippen LogP contribution in [0.2, 0.25) is 0 Å². The van der Waals surface area contributed by atoms with Crippen molar-refractivity contribution in [3.05, 3.63) is 24.3 Å². The largest absolute Gasteiger partial charge is 0.497 e. The molecule has 1 aromatic carbocycles. The van der Waals surface area contributed by atoms with Gasteiger partial charge in [-0.25, -0.2) is 0 Å². The number of halogens is 3. The van der Waals surface area contributed by atoms with Crippen molar-refractivity contribution in [2.24, 2.45) is 0 Å². The van der Waals surface area contributed by atoms with Gasteiger partial charge in [-0.1, -0.05) is 0 Å². The third-order valence-corrected chi connectivity index (χ3v) is 2.96. The number of carbonyl (C=O) groups excluding carboxylic acids is 1. The molecule has 0 aromatic heterocycles. The van der Waals surface area contributed by atoms with Gasteiger partial charge >= 0.3 is 6.18 Å². The molecule has 2 rings (SSSR count). The zero-order valence-corrected chi connectivity index (χ0v) is 10.2. The zero-order chi connectivity index (χ0) is 14.0. The van der Waals surface area contributed by atoms with E-state index in [-0.39, 0.29) is 6.54 Å². The topological polar surface area (TPSA) is 41.6 Å². The molecule has 0 spiro atoms. The summed E-state index contributed by atoms with van der Waals surface area (Å²) in [5.41, 5.74) is 0.345. The van der Waals surface area contributed by atoms with Crippen molar-refractivity contribution in [1.82, 2.24) is 5.32 Å². The molecule has 4 nitrogen and oxygen atoms in total. The number of nitrogens with zero attached hydrogens (tertiary/aromatic N) is 1. The Morgan fingerprint density at radius 3 is 2.47 bits per heavy atom. The summed E-state index contributed by atoms with van der Waals surface area (Å²) in [7, 11) is 1.47. The summed E-state index contributed by atoms with van der Waals surface area (Å²) in [4.78, 5) is 12.4. The van der Waals surface area contributed by atoms with E-state index >= 15 is 0 Å². The fourth-order valence-corrected chi connectivity index (χ4v) is 1.98. The van der Waals surface area contributed by atoms with Gasteiger partial charge in [0.1, 0.15) is 11.8 Å². The van der Waals surface area contributed by atoms with Gasteiger partial charge in [0.15, 0.2) is 0 Å². The first-order valence-corrected chi connectivity index (χ1v) is 5.66. The number of benzene rings is 1. The molecule has 19 heavy (non-hydrogen) atoms. The zero-order valence-electron chi connectivity index (χ0n) is 10.2. The smallest absolute Gasteiger partial charge is 0.410 e. The highest BCUT2D eigenvalue weighted by Gasteiger charge is 2.46. The second-order valence-corrected chi connectivity index (χ2v) is 4.19. The number of rotatable bonds is 2. The lowest BCUT2D eigenvalue weighted by Gasteiger charge is -2.38. The molecule has 1 aliphatic heterocycles. The van der Waals surface area contributed by atoms with Crippen molar-refractivity contribution >= 4 is 11.6 Å². The predicted octanol–water partition coefficient (Wildman–Crippen LogP) is 1.56. The van der Waals surface area contributed by atoms with Crippen molar-refractivity contribution in [1.29, 1.82) is 0 Å². The van der Waals surface area contributed by atoms with Crippen LogP contribution in [-0.2, 0) is 4.79 Å². The summed E-state index contributed by atoms with van der Waals surface area (Å²) in [5.74, 6) is 0.130. The van der Waals surface area contributed by atoms with E-state index in [1.54, 1.807) is 12.1 Å². The fourth-order valence-electron chi connectivity index (χ4n) is 1.98. The highest BCUT2D eigenvalue weighted by atomic mass is 19.4. The van der Waals surface area contributed by atoms with E-state index in [9.17, 15) is 18.0 Å². The van der Waals surface area contributed by atoms with Crippen molar-refractivity contribution in [3.8, 4) is 5.75 Å². The number of ether oxygens (including phenoxy) is 1. The summed E-state index contributed by atoms with van der Waals surface area (Å²) < 4.78 is 43.7. The monoisotopic (exact) mass is 274 g/mol. The van der Waals surface area contributed by atoms with Gasteiger partial charge in [0.25, 0.3) is 0 Å². The minimum absolute atomic E-state index is 0.309. The number of methoxy groups -OCH3 is 1. The Morgan fingerprint density at radius 1 is 1.32 bits per heavy atom. The van der Waals surface area contributed by atoms with E-state index in [0.29, 0.717) is 11.4 Å². The Balaban J connectivity index is 2.28. The van der Waals surface area contributed by atoms with Crippen LogP contribution in [0.1, 0.15) is 0 Å². The Bertz CT molecular complexity index is 459.